The molecule has 2 heterocycles. The fourth-order valence-electron chi connectivity index (χ4n) is 3.95. The molecule has 0 unspecified atom stereocenters. The Morgan fingerprint density at radius 1 is 1.04 bits per heavy atom. The minimum atomic E-state index is 0.184. The van der Waals surface area contributed by atoms with Crippen molar-refractivity contribution in [3.63, 3.8) is 0 Å². The van der Waals surface area contributed by atoms with Crippen molar-refractivity contribution in [1.29, 1.82) is 0 Å². The van der Waals surface area contributed by atoms with Crippen molar-refractivity contribution < 1.29 is 4.79 Å². The number of carbonyl (C=O) groups is 1. The summed E-state index contributed by atoms with van der Waals surface area (Å²) in [7, 11) is 0. The Morgan fingerprint density at radius 2 is 1.68 bits per heavy atom. The summed E-state index contributed by atoms with van der Waals surface area (Å²) in [5.41, 5.74) is 2.86. The quantitative estimate of drug-likeness (QED) is 0.249. The van der Waals surface area contributed by atoms with Crippen LogP contribution in [0.4, 0.5) is 4.79 Å². The number of piperidine rings is 2. The Labute approximate surface area is 178 Å². The van der Waals surface area contributed by atoms with Gasteiger partial charge in [-0.05, 0) is 55.8 Å². The third-order valence-electron chi connectivity index (χ3n) is 5.55. The molecule has 1 aromatic carbocycles. The summed E-state index contributed by atoms with van der Waals surface area (Å²) in [6, 6.07) is 9.94. The SMILES string of the molecule is O=C(I)N1CCC(c2ccc(CN3CCC(NCI)CC3)cc2)CC1. The van der Waals surface area contributed by atoms with Gasteiger partial charge in [-0.2, -0.15) is 0 Å². The van der Waals surface area contributed by atoms with Crippen molar-refractivity contribution in [3.05, 3.63) is 35.4 Å². The van der Waals surface area contributed by atoms with E-state index in [1.165, 1.54) is 37.1 Å². The number of amides is 1. The van der Waals surface area contributed by atoms with E-state index < -0.39 is 0 Å². The third kappa shape index (κ3) is 5.77. The van der Waals surface area contributed by atoms with E-state index in [4.69, 9.17) is 0 Å². The van der Waals surface area contributed by atoms with Crippen LogP contribution in [0.1, 0.15) is 42.7 Å². The first-order chi connectivity index (χ1) is 12.2. The van der Waals surface area contributed by atoms with Crippen molar-refractivity contribution >= 4 is 49.1 Å². The zero-order chi connectivity index (χ0) is 17.6. The van der Waals surface area contributed by atoms with E-state index in [0.717, 1.165) is 37.0 Å². The first-order valence-electron chi connectivity index (χ1n) is 9.20. The topological polar surface area (TPSA) is 35.6 Å². The molecule has 1 N–H and O–H groups in total. The average molecular weight is 567 g/mol. The Kier molecular flexibility index (Phi) is 7.81. The lowest BCUT2D eigenvalue weighted by molar-refractivity contribution is 0.194. The molecule has 0 saturated carbocycles. The number of alkyl halides is 1. The first-order valence-corrected chi connectivity index (χ1v) is 11.8. The lowest BCUT2D eigenvalue weighted by atomic mass is 9.89. The van der Waals surface area contributed by atoms with Crippen LogP contribution >= 0.6 is 45.2 Å². The Morgan fingerprint density at radius 3 is 2.24 bits per heavy atom. The number of nitrogens with one attached hydrogen (secondary N) is 1. The minimum Gasteiger partial charge on any atom is -0.334 e. The highest BCUT2D eigenvalue weighted by molar-refractivity contribution is 14.1. The number of likely N-dealkylation sites (tertiary alicyclic amines) is 2. The molecule has 1 aromatic rings. The van der Waals surface area contributed by atoms with Crippen LogP contribution in [0.3, 0.4) is 0 Å². The van der Waals surface area contributed by atoms with E-state index in [-0.39, 0.29) is 3.91 Å². The molecule has 2 aliphatic heterocycles. The second kappa shape index (κ2) is 9.85. The number of hydrogen-bond acceptors (Lipinski definition) is 3. The molecule has 25 heavy (non-hydrogen) atoms. The van der Waals surface area contributed by atoms with Gasteiger partial charge >= 0.3 is 0 Å². The van der Waals surface area contributed by atoms with Crippen LogP contribution in [0.15, 0.2) is 24.3 Å². The summed E-state index contributed by atoms with van der Waals surface area (Å²) >= 11 is 4.29. The number of carbonyl (C=O) groups excluding carboxylic acids is 1. The maximum Gasteiger partial charge on any atom is 0.283 e. The smallest absolute Gasteiger partial charge is 0.283 e. The molecular weight excluding hydrogens is 540 g/mol. The van der Waals surface area contributed by atoms with Gasteiger partial charge < -0.3 is 10.2 Å². The molecule has 3 rings (SSSR count). The zero-order valence-corrected chi connectivity index (χ0v) is 18.9. The van der Waals surface area contributed by atoms with Crippen LogP contribution in [0.2, 0.25) is 0 Å². The summed E-state index contributed by atoms with van der Waals surface area (Å²) in [6.07, 6.45) is 4.70. The van der Waals surface area contributed by atoms with E-state index in [0.29, 0.717) is 12.0 Å². The van der Waals surface area contributed by atoms with E-state index in [9.17, 15) is 4.79 Å². The summed E-state index contributed by atoms with van der Waals surface area (Å²) in [4.78, 5) is 16.0. The van der Waals surface area contributed by atoms with Crippen LogP contribution in [-0.2, 0) is 6.54 Å². The van der Waals surface area contributed by atoms with Crippen LogP contribution < -0.4 is 5.32 Å². The monoisotopic (exact) mass is 567 g/mol. The normalized spacial score (nSPS) is 20.8. The molecule has 4 nitrogen and oxygen atoms in total. The van der Waals surface area contributed by atoms with Gasteiger partial charge in [0.2, 0.25) is 0 Å². The Bertz CT molecular complexity index is 550. The fourth-order valence-corrected chi connectivity index (χ4v) is 5.05. The van der Waals surface area contributed by atoms with Gasteiger partial charge in [0.15, 0.2) is 0 Å². The summed E-state index contributed by atoms with van der Waals surface area (Å²) < 4.78 is 1.23. The van der Waals surface area contributed by atoms with E-state index >= 15 is 0 Å². The standard InChI is InChI=1S/C19H27I2N3O/c20-14-22-18-7-9-23(10-8-18)13-15-1-3-16(4-2-15)17-5-11-24(12-6-17)19(21)25/h1-4,17-18,22H,5-14H2. The number of nitrogens with zero attached hydrogens (tertiary/aromatic N) is 2. The third-order valence-corrected chi connectivity index (χ3v) is 6.68. The van der Waals surface area contributed by atoms with Crippen molar-refractivity contribution in [1.82, 2.24) is 15.1 Å². The van der Waals surface area contributed by atoms with Crippen molar-refractivity contribution in [2.75, 3.05) is 30.7 Å². The zero-order valence-electron chi connectivity index (χ0n) is 14.6. The highest BCUT2D eigenvalue weighted by Crippen LogP contribution is 2.29. The molecule has 6 heteroatoms. The van der Waals surface area contributed by atoms with Crippen molar-refractivity contribution in [2.45, 2.75) is 44.2 Å². The van der Waals surface area contributed by atoms with Gasteiger partial charge in [0.1, 0.15) is 0 Å². The first kappa shape index (κ1) is 19.8. The van der Waals surface area contributed by atoms with Crippen LogP contribution in [0.25, 0.3) is 0 Å². The number of halogens is 2. The molecule has 2 aliphatic rings. The molecule has 0 atom stereocenters. The van der Waals surface area contributed by atoms with Crippen molar-refractivity contribution in [3.8, 4) is 0 Å². The molecule has 0 spiro atoms. The van der Waals surface area contributed by atoms with Crippen LogP contribution in [0.5, 0.6) is 0 Å². The van der Waals surface area contributed by atoms with Gasteiger partial charge in [-0.25, -0.2) is 0 Å². The fraction of sp³-hybridized carbons (Fsp3) is 0.632. The average Bonchev–Trinajstić information content (AvgIpc) is 2.64. The van der Waals surface area contributed by atoms with E-state index in [1.54, 1.807) is 0 Å². The lowest BCUT2D eigenvalue weighted by Crippen LogP contribution is -2.41. The predicted molar refractivity (Wildman–Crippen MR) is 120 cm³/mol. The summed E-state index contributed by atoms with van der Waals surface area (Å²) in [5.74, 6) is 0.608. The van der Waals surface area contributed by atoms with Gasteiger partial charge in [0.05, 0.1) is 0 Å². The molecule has 0 aromatic heterocycles. The largest absolute Gasteiger partial charge is 0.334 e. The van der Waals surface area contributed by atoms with Gasteiger partial charge in [-0.15, -0.1) is 0 Å². The Hall–Kier alpha value is 0.0700. The summed E-state index contributed by atoms with van der Waals surface area (Å²) in [5, 5.41) is 3.56. The number of rotatable bonds is 5. The van der Waals surface area contributed by atoms with E-state index in [2.05, 4.69) is 57.1 Å². The second-order valence-corrected chi connectivity index (χ2v) is 8.83. The minimum absolute atomic E-state index is 0.184. The van der Waals surface area contributed by atoms with Gasteiger partial charge in [-0.1, -0.05) is 46.9 Å². The molecule has 2 fully saturated rings. The predicted octanol–water partition coefficient (Wildman–Crippen LogP) is 4.37. The van der Waals surface area contributed by atoms with Crippen molar-refractivity contribution in [2.24, 2.45) is 0 Å². The lowest BCUT2D eigenvalue weighted by Gasteiger charge is -2.32. The molecule has 0 aliphatic carbocycles. The molecule has 1 amide bonds. The Balaban J connectivity index is 1.47. The highest BCUT2D eigenvalue weighted by Gasteiger charge is 2.23. The van der Waals surface area contributed by atoms with Crippen LogP contribution in [0, 0.1) is 0 Å². The van der Waals surface area contributed by atoms with Gasteiger partial charge in [0, 0.05) is 52.8 Å². The maximum absolute atomic E-state index is 11.4. The summed E-state index contributed by atoms with van der Waals surface area (Å²) in [6.45, 7) is 5.25. The molecular formula is C19H27I2N3O. The highest BCUT2D eigenvalue weighted by atomic mass is 127. The number of hydrogen-bond donors (Lipinski definition) is 1. The second-order valence-electron chi connectivity index (χ2n) is 7.14. The van der Waals surface area contributed by atoms with E-state index in [1.807, 2.05) is 27.5 Å². The molecule has 138 valence electrons. The maximum atomic E-state index is 11.4. The van der Waals surface area contributed by atoms with Crippen LogP contribution in [-0.4, -0.2) is 50.5 Å². The molecule has 2 saturated heterocycles. The molecule has 0 bridgehead atoms. The number of benzene rings is 1. The van der Waals surface area contributed by atoms with Gasteiger partial charge in [-0.3, -0.25) is 9.69 Å². The molecule has 0 radical (unpaired) electrons. The van der Waals surface area contributed by atoms with Gasteiger partial charge in [0.25, 0.3) is 3.91 Å².